The highest BCUT2D eigenvalue weighted by atomic mass is 16.5. The Morgan fingerprint density at radius 2 is 1.95 bits per heavy atom. The van der Waals surface area contributed by atoms with Crippen LogP contribution in [0.5, 0.6) is 0 Å². The van der Waals surface area contributed by atoms with Gasteiger partial charge in [-0.25, -0.2) is 0 Å². The molecular formula is C14H24O5. The van der Waals surface area contributed by atoms with E-state index in [1.165, 1.54) is 0 Å². The quantitative estimate of drug-likeness (QED) is 0.254. The van der Waals surface area contributed by atoms with Crippen LogP contribution in [0.15, 0.2) is 12.3 Å². The summed E-state index contributed by atoms with van der Waals surface area (Å²) >= 11 is 0. The highest BCUT2D eigenvalue weighted by Crippen LogP contribution is 2.06. The molecule has 0 aliphatic carbocycles. The van der Waals surface area contributed by atoms with Gasteiger partial charge in [0, 0.05) is 12.8 Å². The molecule has 5 heteroatoms. The van der Waals surface area contributed by atoms with Crippen molar-refractivity contribution in [2.45, 2.75) is 39.0 Å². The zero-order valence-corrected chi connectivity index (χ0v) is 11.6. The van der Waals surface area contributed by atoms with Crippen molar-refractivity contribution >= 4 is 12.3 Å². The first-order valence-electron chi connectivity index (χ1n) is 6.58. The fraction of sp³-hybridized carbons (Fsp3) is 0.714. The summed E-state index contributed by atoms with van der Waals surface area (Å²) in [4.78, 5) is 21.5. The topological polar surface area (TPSA) is 72.8 Å². The van der Waals surface area contributed by atoms with Crippen molar-refractivity contribution in [2.75, 3.05) is 19.8 Å². The number of allylic oxidation sites excluding steroid dienone is 1. The van der Waals surface area contributed by atoms with Gasteiger partial charge in [-0.05, 0) is 19.8 Å². The van der Waals surface area contributed by atoms with Gasteiger partial charge in [-0.15, -0.1) is 0 Å². The summed E-state index contributed by atoms with van der Waals surface area (Å²) in [7, 11) is 0. The molecule has 0 saturated carbocycles. The average Bonchev–Trinajstić information content (AvgIpc) is 2.38. The maximum Gasteiger partial charge on any atom is 0.305 e. The maximum atomic E-state index is 11.4. The number of unbranched alkanes of at least 4 members (excludes halogenated alkanes) is 3. The molecule has 0 aliphatic heterocycles. The number of aldehydes is 1. The monoisotopic (exact) mass is 272 g/mol. The number of carbonyl (C=O) groups excluding carboxylic acids is 2. The summed E-state index contributed by atoms with van der Waals surface area (Å²) in [5.74, 6) is 0.0653. The Labute approximate surface area is 114 Å². The Morgan fingerprint density at radius 3 is 2.53 bits per heavy atom. The summed E-state index contributed by atoms with van der Waals surface area (Å²) in [5, 5.41) is 9.09. The second-order valence-corrected chi connectivity index (χ2v) is 4.51. The van der Waals surface area contributed by atoms with Crippen molar-refractivity contribution in [1.29, 1.82) is 0 Å². The molecule has 0 aromatic rings. The Morgan fingerprint density at radius 1 is 1.26 bits per heavy atom. The van der Waals surface area contributed by atoms with E-state index >= 15 is 0 Å². The maximum absolute atomic E-state index is 11.4. The summed E-state index contributed by atoms with van der Waals surface area (Å²) in [6, 6.07) is 0. The number of ether oxygens (including phenoxy) is 2. The highest BCUT2D eigenvalue weighted by Gasteiger charge is 2.11. The van der Waals surface area contributed by atoms with Crippen molar-refractivity contribution in [2.24, 2.45) is 5.92 Å². The molecule has 0 heterocycles. The van der Waals surface area contributed by atoms with E-state index in [1.807, 2.05) is 0 Å². The number of carbonyl (C=O) groups is 2. The summed E-state index contributed by atoms with van der Waals surface area (Å²) < 4.78 is 10.2. The molecule has 1 atom stereocenters. The molecule has 0 saturated heterocycles. The molecule has 0 rings (SSSR count). The molecule has 0 spiro atoms. The average molecular weight is 272 g/mol. The first-order chi connectivity index (χ1) is 9.10. The van der Waals surface area contributed by atoms with Gasteiger partial charge in [0.2, 0.25) is 0 Å². The van der Waals surface area contributed by atoms with Gasteiger partial charge in [0.05, 0.1) is 31.5 Å². The molecule has 1 unspecified atom stereocenters. The molecule has 110 valence electrons. The predicted molar refractivity (Wildman–Crippen MR) is 71.4 cm³/mol. The normalized spacial score (nSPS) is 11.7. The first kappa shape index (κ1) is 17.6. The molecule has 0 bridgehead atoms. The van der Waals surface area contributed by atoms with Gasteiger partial charge in [-0.2, -0.15) is 0 Å². The minimum absolute atomic E-state index is 0.0973. The molecule has 19 heavy (non-hydrogen) atoms. The van der Waals surface area contributed by atoms with E-state index in [0.717, 1.165) is 25.5 Å². The molecular weight excluding hydrogens is 248 g/mol. The van der Waals surface area contributed by atoms with Crippen LogP contribution in [0, 0.1) is 5.92 Å². The summed E-state index contributed by atoms with van der Waals surface area (Å²) in [5.41, 5.74) is 0. The Hall–Kier alpha value is -1.36. The minimum atomic E-state index is -0.278. The summed E-state index contributed by atoms with van der Waals surface area (Å²) in [6.45, 7) is 5.65. The Balaban J connectivity index is 3.62. The van der Waals surface area contributed by atoms with E-state index in [0.29, 0.717) is 25.2 Å². The van der Waals surface area contributed by atoms with E-state index in [9.17, 15) is 9.59 Å². The largest absolute Gasteiger partial charge is 0.498 e. The van der Waals surface area contributed by atoms with Crippen molar-refractivity contribution in [3.05, 3.63) is 12.3 Å². The van der Waals surface area contributed by atoms with Crippen LogP contribution in [0.2, 0.25) is 0 Å². The molecule has 0 radical (unpaired) electrons. The van der Waals surface area contributed by atoms with Crippen molar-refractivity contribution in [3.63, 3.8) is 0 Å². The third-order valence-electron chi connectivity index (χ3n) is 2.51. The van der Waals surface area contributed by atoms with Crippen molar-refractivity contribution in [1.82, 2.24) is 0 Å². The third-order valence-corrected chi connectivity index (χ3v) is 2.51. The zero-order chi connectivity index (χ0) is 14.5. The van der Waals surface area contributed by atoms with E-state index in [4.69, 9.17) is 14.6 Å². The van der Waals surface area contributed by atoms with Gasteiger partial charge in [0.25, 0.3) is 0 Å². The Kier molecular flexibility index (Phi) is 10.9. The van der Waals surface area contributed by atoms with Gasteiger partial charge >= 0.3 is 5.97 Å². The molecule has 0 aromatic carbocycles. The third kappa shape index (κ3) is 11.5. The lowest BCUT2D eigenvalue weighted by atomic mass is 10.1. The van der Waals surface area contributed by atoms with Gasteiger partial charge in [-0.3, -0.25) is 4.79 Å². The second-order valence-electron chi connectivity index (χ2n) is 4.51. The zero-order valence-electron chi connectivity index (χ0n) is 11.6. The molecule has 0 amide bonds. The van der Waals surface area contributed by atoms with Gasteiger partial charge in [0.15, 0.2) is 0 Å². The van der Waals surface area contributed by atoms with Crippen LogP contribution in [-0.2, 0) is 19.1 Å². The standard InChI is InChI=1S/C14H24O5/c1-12(2)18-10-13(9-16)11-19-14(17)7-5-3-4-6-8-15/h8,13,16H,1,3-7,9-11H2,2H3. The van der Waals surface area contributed by atoms with E-state index in [2.05, 4.69) is 6.58 Å². The number of aliphatic hydroxyl groups is 1. The van der Waals surface area contributed by atoms with Crippen LogP contribution in [-0.4, -0.2) is 37.2 Å². The van der Waals surface area contributed by atoms with Crippen LogP contribution >= 0.6 is 0 Å². The second kappa shape index (κ2) is 11.7. The smallest absolute Gasteiger partial charge is 0.305 e. The fourth-order valence-electron chi connectivity index (χ4n) is 1.37. The molecule has 0 aromatic heterocycles. The number of rotatable bonds is 12. The van der Waals surface area contributed by atoms with Gasteiger partial charge in [-0.1, -0.05) is 13.0 Å². The lowest BCUT2D eigenvalue weighted by molar-refractivity contribution is -0.146. The number of aliphatic hydroxyl groups excluding tert-OH is 1. The van der Waals surface area contributed by atoms with Gasteiger partial charge in [0.1, 0.15) is 6.29 Å². The van der Waals surface area contributed by atoms with E-state index in [-0.39, 0.29) is 25.1 Å². The van der Waals surface area contributed by atoms with Crippen LogP contribution in [0.1, 0.15) is 39.0 Å². The SMILES string of the molecule is C=C(C)OCC(CO)COC(=O)CCCCCC=O. The van der Waals surface area contributed by atoms with E-state index in [1.54, 1.807) is 6.92 Å². The van der Waals surface area contributed by atoms with Crippen LogP contribution in [0.25, 0.3) is 0 Å². The molecule has 0 aliphatic rings. The number of hydrogen-bond acceptors (Lipinski definition) is 5. The van der Waals surface area contributed by atoms with Crippen molar-refractivity contribution in [3.8, 4) is 0 Å². The number of hydrogen-bond donors (Lipinski definition) is 1. The van der Waals surface area contributed by atoms with Crippen molar-refractivity contribution < 1.29 is 24.2 Å². The number of esters is 1. The minimum Gasteiger partial charge on any atom is -0.498 e. The predicted octanol–water partition coefficient (Wildman–Crippen LogP) is 1.84. The highest BCUT2D eigenvalue weighted by molar-refractivity contribution is 5.69. The molecule has 5 nitrogen and oxygen atoms in total. The van der Waals surface area contributed by atoms with Crippen LogP contribution < -0.4 is 0 Å². The van der Waals surface area contributed by atoms with Crippen LogP contribution in [0.4, 0.5) is 0 Å². The molecule has 0 fully saturated rings. The Bertz CT molecular complexity index is 275. The van der Waals surface area contributed by atoms with Crippen LogP contribution in [0.3, 0.4) is 0 Å². The fourth-order valence-corrected chi connectivity index (χ4v) is 1.37. The molecule has 1 N–H and O–H groups in total. The van der Waals surface area contributed by atoms with E-state index < -0.39 is 0 Å². The lowest BCUT2D eigenvalue weighted by Crippen LogP contribution is -2.21. The first-order valence-corrected chi connectivity index (χ1v) is 6.58. The van der Waals surface area contributed by atoms with Gasteiger partial charge < -0.3 is 19.4 Å². The summed E-state index contributed by atoms with van der Waals surface area (Å²) in [6.07, 6.45) is 4.14. The lowest BCUT2D eigenvalue weighted by Gasteiger charge is -2.15.